The zero-order valence-electron chi connectivity index (χ0n) is 12.7. The fraction of sp³-hybridized carbons (Fsp3) is 0.0556. The first kappa shape index (κ1) is 14.3. The van der Waals surface area contributed by atoms with Gasteiger partial charge >= 0.3 is 0 Å². The molecule has 4 aromatic rings. The number of halogens is 1. The summed E-state index contributed by atoms with van der Waals surface area (Å²) in [5.41, 5.74) is 2.75. The molecule has 5 nitrogen and oxygen atoms in total. The molecule has 24 heavy (non-hydrogen) atoms. The summed E-state index contributed by atoms with van der Waals surface area (Å²) in [6.07, 6.45) is 6.94. The fourth-order valence-corrected chi connectivity index (χ4v) is 2.55. The van der Waals surface area contributed by atoms with Crippen LogP contribution in [-0.4, -0.2) is 19.5 Å². The van der Waals surface area contributed by atoms with Crippen molar-refractivity contribution in [2.75, 3.05) is 5.32 Å². The number of hydrogen-bond acceptors (Lipinski definition) is 4. The lowest BCUT2D eigenvalue weighted by atomic mass is 10.2. The highest BCUT2D eigenvalue weighted by atomic mass is 19.1. The standard InChI is InChI=1S/C18H14FN5/c19-14-3-6-17-16(9-14)18(22-11-21-17)23-15-4-1-13(2-5-15)10-24-8-7-20-12-24/h1-9,11-12H,10H2,(H,21,22,23). The summed E-state index contributed by atoms with van der Waals surface area (Å²) in [7, 11) is 0. The van der Waals surface area contributed by atoms with Gasteiger partial charge in [-0.2, -0.15) is 0 Å². The van der Waals surface area contributed by atoms with Crippen LogP contribution in [0.5, 0.6) is 0 Å². The van der Waals surface area contributed by atoms with Crippen molar-refractivity contribution >= 4 is 22.4 Å². The summed E-state index contributed by atoms with van der Waals surface area (Å²) in [6, 6.07) is 12.5. The number of nitrogens with zero attached hydrogens (tertiary/aromatic N) is 4. The van der Waals surface area contributed by atoms with E-state index in [0.717, 1.165) is 17.8 Å². The van der Waals surface area contributed by atoms with Crippen molar-refractivity contribution < 1.29 is 4.39 Å². The van der Waals surface area contributed by atoms with Gasteiger partial charge in [0.25, 0.3) is 0 Å². The van der Waals surface area contributed by atoms with Crippen LogP contribution in [0.15, 0.2) is 67.5 Å². The molecule has 0 aliphatic rings. The number of nitrogens with one attached hydrogen (secondary N) is 1. The third-order valence-corrected chi connectivity index (χ3v) is 3.74. The fourth-order valence-electron chi connectivity index (χ4n) is 2.55. The smallest absolute Gasteiger partial charge is 0.141 e. The third kappa shape index (κ3) is 2.94. The lowest BCUT2D eigenvalue weighted by molar-refractivity contribution is 0.629. The van der Waals surface area contributed by atoms with Crippen molar-refractivity contribution in [3.63, 3.8) is 0 Å². The average molecular weight is 319 g/mol. The number of benzene rings is 2. The molecule has 118 valence electrons. The Morgan fingerprint density at radius 1 is 1.04 bits per heavy atom. The van der Waals surface area contributed by atoms with Crippen LogP contribution >= 0.6 is 0 Å². The zero-order chi connectivity index (χ0) is 16.4. The normalized spacial score (nSPS) is 10.9. The molecule has 0 atom stereocenters. The molecule has 0 aliphatic heterocycles. The van der Waals surface area contributed by atoms with Crippen LogP contribution in [0.3, 0.4) is 0 Å². The predicted octanol–water partition coefficient (Wildman–Crippen LogP) is 3.76. The molecule has 0 spiro atoms. The van der Waals surface area contributed by atoms with Crippen molar-refractivity contribution in [3.05, 3.63) is 78.9 Å². The van der Waals surface area contributed by atoms with Gasteiger partial charge in [-0.3, -0.25) is 0 Å². The second kappa shape index (κ2) is 6.08. The van der Waals surface area contributed by atoms with Gasteiger partial charge in [0.15, 0.2) is 0 Å². The van der Waals surface area contributed by atoms with Crippen LogP contribution in [0.2, 0.25) is 0 Å². The first-order valence-corrected chi connectivity index (χ1v) is 7.50. The Hall–Kier alpha value is -3.28. The maximum atomic E-state index is 13.5. The van der Waals surface area contributed by atoms with Crippen LogP contribution in [-0.2, 0) is 6.54 Å². The number of imidazole rings is 1. The van der Waals surface area contributed by atoms with Gasteiger partial charge < -0.3 is 9.88 Å². The Morgan fingerprint density at radius 2 is 1.92 bits per heavy atom. The second-order valence-electron chi connectivity index (χ2n) is 5.44. The molecule has 0 radical (unpaired) electrons. The Balaban J connectivity index is 1.58. The van der Waals surface area contributed by atoms with Crippen molar-refractivity contribution in [1.29, 1.82) is 0 Å². The molecule has 1 N–H and O–H groups in total. The quantitative estimate of drug-likeness (QED) is 0.622. The average Bonchev–Trinajstić information content (AvgIpc) is 3.10. The highest BCUT2D eigenvalue weighted by Crippen LogP contribution is 2.24. The largest absolute Gasteiger partial charge is 0.340 e. The van der Waals surface area contributed by atoms with Gasteiger partial charge in [0.05, 0.1) is 11.8 Å². The summed E-state index contributed by atoms with van der Waals surface area (Å²) in [5, 5.41) is 3.88. The molecule has 2 heterocycles. The van der Waals surface area contributed by atoms with E-state index in [1.54, 1.807) is 18.6 Å². The van der Waals surface area contributed by atoms with E-state index in [0.29, 0.717) is 16.7 Å². The Kier molecular flexibility index (Phi) is 3.63. The molecule has 2 aromatic carbocycles. The monoisotopic (exact) mass is 319 g/mol. The van der Waals surface area contributed by atoms with E-state index in [2.05, 4.69) is 20.3 Å². The molecule has 0 amide bonds. The van der Waals surface area contributed by atoms with E-state index in [9.17, 15) is 4.39 Å². The molecule has 0 unspecified atom stereocenters. The molecule has 0 bridgehead atoms. The Labute approximate surface area is 137 Å². The first-order valence-electron chi connectivity index (χ1n) is 7.50. The van der Waals surface area contributed by atoms with Crippen molar-refractivity contribution in [2.45, 2.75) is 6.54 Å². The lowest BCUT2D eigenvalue weighted by Gasteiger charge is -2.09. The van der Waals surface area contributed by atoms with Crippen molar-refractivity contribution in [2.24, 2.45) is 0 Å². The molecule has 0 saturated carbocycles. The second-order valence-corrected chi connectivity index (χ2v) is 5.44. The lowest BCUT2D eigenvalue weighted by Crippen LogP contribution is -1.98. The highest BCUT2D eigenvalue weighted by Gasteiger charge is 2.05. The van der Waals surface area contributed by atoms with Gasteiger partial charge in [-0.05, 0) is 35.9 Å². The summed E-state index contributed by atoms with van der Waals surface area (Å²) < 4.78 is 15.5. The molecule has 0 fully saturated rings. The summed E-state index contributed by atoms with van der Waals surface area (Å²) in [6.45, 7) is 0.766. The van der Waals surface area contributed by atoms with E-state index in [-0.39, 0.29) is 5.82 Å². The molecule has 4 rings (SSSR count). The van der Waals surface area contributed by atoms with Gasteiger partial charge in [-0.25, -0.2) is 19.3 Å². The summed E-state index contributed by atoms with van der Waals surface area (Å²) >= 11 is 0. The molecule has 6 heteroatoms. The van der Waals surface area contributed by atoms with Crippen LogP contribution in [0, 0.1) is 5.82 Å². The maximum Gasteiger partial charge on any atom is 0.141 e. The number of rotatable bonds is 4. The number of hydrogen-bond donors (Lipinski definition) is 1. The van der Waals surface area contributed by atoms with Gasteiger partial charge in [-0.15, -0.1) is 0 Å². The zero-order valence-corrected chi connectivity index (χ0v) is 12.7. The van der Waals surface area contributed by atoms with Crippen LogP contribution in [0.4, 0.5) is 15.9 Å². The van der Waals surface area contributed by atoms with Crippen molar-refractivity contribution in [3.8, 4) is 0 Å². The third-order valence-electron chi connectivity index (χ3n) is 3.74. The first-order chi connectivity index (χ1) is 11.8. The number of fused-ring (bicyclic) bond motifs is 1. The number of anilines is 2. The van der Waals surface area contributed by atoms with E-state index in [1.165, 1.54) is 18.5 Å². The van der Waals surface area contributed by atoms with E-state index in [4.69, 9.17) is 0 Å². The van der Waals surface area contributed by atoms with Crippen LogP contribution in [0.1, 0.15) is 5.56 Å². The minimum absolute atomic E-state index is 0.309. The highest BCUT2D eigenvalue weighted by molar-refractivity contribution is 5.90. The van der Waals surface area contributed by atoms with Crippen LogP contribution in [0.25, 0.3) is 10.9 Å². The topological polar surface area (TPSA) is 55.6 Å². The van der Waals surface area contributed by atoms with Crippen molar-refractivity contribution in [1.82, 2.24) is 19.5 Å². The molecule has 0 aliphatic carbocycles. The van der Waals surface area contributed by atoms with Crippen LogP contribution < -0.4 is 5.32 Å². The van der Waals surface area contributed by atoms with E-state index < -0.39 is 0 Å². The predicted molar refractivity (Wildman–Crippen MR) is 90.5 cm³/mol. The van der Waals surface area contributed by atoms with Gasteiger partial charge in [0.1, 0.15) is 18.0 Å². The molecule has 0 saturated heterocycles. The molecular formula is C18H14FN5. The Bertz CT molecular complexity index is 965. The molecular weight excluding hydrogens is 305 g/mol. The van der Waals surface area contributed by atoms with Gasteiger partial charge in [0, 0.05) is 30.0 Å². The minimum atomic E-state index is -0.309. The van der Waals surface area contributed by atoms with E-state index >= 15 is 0 Å². The Morgan fingerprint density at radius 3 is 2.71 bits per heavy atom. The maximum absolute atomic E-state index is 13.5. The number of aromatic nitrogens is 4. The van der Waals surface area contributed by atoms with Gasteiger partial charge in [-0.1, -0.05) is 12.1 Å². The summed E-state index contributed by atoms with van der Waals surface area (Å²) in [5.74, 6) is 0.276. The SMILES string of the molecule is Fc1ccc2ncnc(Nc3ccc(Cn4ccnc4)cc3)c2c1. The summed E-state index contributed by atoms with van der Waals surface area (Å²) in [4.78, 5) is 12.4. The van der Waals surface area contributed by atoms with E-state index in [1.807, 2.05) is 35.0 Å². The minimum Gasteiger partial charge on any atom is -0.340 e. The van der Waals surface area contributed by atoms with Gasteiger partial charge in [0.2, 0.25) is 0 Å². The molecule has 2 aromatic heterocycles.